The zero-order valence-electron chi connectivity index (χ0n) is 13.2. The predicted octanol–water partition coefficient (Wildman–Crippen LogP) is 1.56. The highest BCUT2D eigenvalue weighted by Gasteiger charge is 2.51. The first-order chi connectivity index (χ1) is 10.6. The van der Waals surface area contributed by atoms with Crippen molar-refractivity contribution in [3.8, 4) is 0 Å². The number of carbonyl (C=O) groups excluding carboxylic acids is 2. The van der Waals surface area contributed by atoms with E-state index >= 15 is 0 Å². The molecule has 2 aliphatic heterocycles. The van der Waals surface area contributed by atoms with Gasteiger partial charge in [-0.2, -0.15) is 0 Å². The summed E-state index contributed by atoms with van der Waals surface area (Å²) in [5.74, 6) is 0.175. The number of para-hydroxylation sites is 1. The third-order valence-corrected chi connectivity index (χ3v) is 4.89. The van der Waals surface area contributed by atoms with E-state index < -0.39 is 5.41 Å². The Morgan fingerprint density at radius 2 is 1.95 bits per heavy atom. The molecular weight excluding hydrogens is 280 g/mol. The second kappa shape index (κ2) is 5.72. The van der Waals surface area contributed by atoms with Gasteiger partial charge >= 0.3 is 0 Å². The van der Waals surface area contributed by atoms with Gasteiger partial charge in [-0.1, -0.05) is 18.2 Å². The Morgan fingerprint density at radius 3 is 2.64 bits per heavy atom. The number of piperidine rings is 1. The van der Waals surface area contributed by atoms with Crippen molar-refractivity contribution in [2.75, 3.05) is 38.3 Å². The maximum Gasteiger partial charge on any atom is 0.248 e. The monoisotopic (exact) mass is 302 g/mol. The first-order valence-corrected chi connectivity index (χ1v) is 7.83. The number of fused-ring (bicyclic) bond motifs is 2. The van der Waals surface area contributed by atoms with E-state index in [0.29, 0.717) is 32.5 Å². The molecule has 0 atom stereocenters. The van der Waals surface area contributed by atoms with Crippen LogP contribution in [0.15, 0.2) is 24.3 Å². The molecule has 0 radical (unpaired) electrons. The van der Waals surface area contributed by atoms with Crippen LogP contribution in [0, 0.1) is 0 Å². The Kier molecular flexibility index (Phi) is 3.91. The maximum absolute atomic E-state index is 12.8. The number of anilines is 1. The fraction of sp³-hybridized carbons (Fsp3) is 0.529. The number of benzene rings is 1. The summed E-state index contributed by atoms with van der Waals surface area (Å²) in [7, 11) is 1.84. The third kappa shape index (κ3) is 2.20. The summed E-state index contributed by atoms with van der Waals surface area (Å²) in [6, 6.07) is 7.99. The molecule has 5 heteroatoms. The molecule has 3 rings (SSSR count). The number of hydrogen-bond acceptors (Lipinski definition) is 3. The van der Waals surface area contributed by atoms with E-state index in [2.05, 4.69) is 6.07 Å². The third-order valence-electron chi connectivity index (χ3n) is 4.89. The van der Waals surface area contributed by atoms with Crippen LogP contribution < -0.4 is 4.90 Å². The van der Waals surface area contributed by atoms with E-state index in [9.17, 15) is 9.59 Å². The van der Waals surface area contributed by atoms with Crippen molar-refractivity contribution in [3.05, 3.63) is 29.8 Å². The number of rotatable bonds is 3. The molecule has 0 aliphatic carbocycles. The summed E-state index contributed by atoms with van der Waals surface area (Å²) >= 11 is 0. The average Bonchev–Trinajstić information content (AvgIpc) is 2.76. The molecule has 0 aromatic heterocycles. The van der Waals surface area contributed by atoms with Gasteiger partial charge in [-0.25, -0.2) is 0 Å². The highest BCUT2D eigenvalue weighted by Crippen LogP contribution is 2.47. The van der Waals surface area contributed by atoms with Gasteiger partial charge in [-0.15, -0.1) is 0 Å². The molecule has 0 bridgehead atoms. The molecule has 0 N–H and O–H groups in total. The van der Waals surface area contributed by atoms with Gasteiger partial charge < -0.3 is 14.5 Å². The fourth-order valence-corrected chi connectivity index (χ4v) is 3.62. The number of hydrogen-bond donors (Lipinski definition) is 0. The molecule has 1 saturated heterocycles. The van der Waals surface area contributed by atoms with E-state index in [1.807, 2.05) is 37.1 Å². The van der Waals surface area contributed by atoms with Crippen molar-refractivity contribution in [2.45, 2.75) is 25.2 Å². The Morgan fingerprint density at radius 1 is 1.27 bits per heavy atom. The summed E-state index contributed by atoms with van der Waals surface area (Å²) in [5.41, 5.74) is 1.66. The maximum atomic E-state index is 12.8. The van der Waals surface area contributed by atoms with Gasteiger partial charge in [-0.3, -0.25) is 9.59 Å². The largest absolute Gasteiger partial charge is 0.372 e. The zero-order valence-corrected chi connectivity index (χ0v) is 13.2. The van der Waals surface area contributed by atoms with Gasteiger partial charge in [0.05, 0.1) is 5.41 Å². The average molecular weight is 302 g/mol. The Hall–Kier alpha value is -1.88. The molecule has 1 spiro atoms. The van der Waals surface area contributed by atoms with Crippen molar-refractivity contribution in [3.63, 3.8) is 0 Å². The zero-order chi connectivity index (χ0) is 15.7. The first kappa shape index (κ1) is 15.0. The molecule has 22 heavy (non-hydrogen) atoms. The Labute approximate surface area is 130 Å². The molecule has 0 unspecified atom stereocenters. The number of nitrogens with zero attached hydrogens (tertiary/aromatic N) is 2. The van der Waals surface area contributed by atoms with Gasteiger partial charge in [0.1, 0.15) is 6.61 Å². The van der Waals surface area contributed by atoms with E-state index in [0.717, 1.165) is 11.3 Å². The minimum absolute atomic E-state index is 0.0174. The van der Waals surface area contributed by atoms with Gasteiger partial charge in [0.15, 0.2) is 0 Å². The molecule has 2 aliphatic rings. The van der Waals surface area contributed by atoms with E-state index in [4.69, 9.17) is 4.74 Å². The molecule has 1 aromatic carbocycles. The second-order valence-electron chi connectivity index (χ2n) is 5.98. The van der Waals surface area contributed by atoms with Crippen molar-refractivity contribution in [2.24, 2.45) is 0 Å². The quantitative estimate of drug-likeness (QED) is 0.851. The molecular formula is C17H22N2O3. The number of carbonyl (C=O) groups is 2. The van der Waals surface area contributed by atoms with Crippen LogP contribution in [0.3, 0.4) is 0 Å². The van der Waals surface area contributed by atoms with Crippen molar-refractivity contribution >= 4 is 17.5 Å². The van der Waals surface area contributed by atoms with Gasteiger partial charge in [-0.05, 0) is 31.4 Å². The van der Waals surface area contributed by atoms with Crippen molar-refractivity contribution in [1.82, 2.24) is 4.90 Å². The van der Waals surface area contributed by atoms with Gasteiger partial charge in [0, 0.05) is 32.4 Å². The summed E-state index contributed by atoms with van der Waals surface area (Å²) < 4.78 is 5.19. The van der Waals surface area contributed by atoms with Gasteiger partial charge in [0.25, 0.3) is 0 Å². The standard InChI is InChI=1S/C17H22N2O3/c1-3-22-12-15(20)19-10-8-17(9-11-19)13-6-4-5-7-14(13)18(2)16(17)21/h4-7H,3,8-12H2,1-2H3. The second-order valence-corrected chi connectivity index (χ2v) is 5.98. The van der Waals surface area contributed by atoms with Crippen molar-refractivity contribution < 1.29 is 14.3 Å². The summed E-state index contributed by atoms with van der Waals surface area (Å²) in [5, 5.41) is 0. The van der Waals surface area contributed by atoms with Crippen molar-refractivity contribution in [1.29, 1.82) is 0 Å². The summed E-state index contributed by atoms with van der Waals surface area (Å²) in [6.45, 7) is 3.77. The number of amides is 2. The molecule has 2 amide bonds. The highest BCUT2D eigenvalue weighted by molar-refractivity contribution is 6.07. The lowest BCUT2D eigenvalue weighted by atomic mass is 9.73. The smallest absolute Gasteiger partial charge is 0.248 e. The van der Waals surface area contributed by atoms with Crippen LogP contribution in [-0.4, -0.2) is 50.1 Å². The van der Waals surface area contributed by atoms with Crippen LogP contribution in [0.4, 0.5) is 5.69 Å². The lowest BCUT2D eigenvalue weighted by Gasteiger charge is -2.38. The van der Waals surface area contributed by atoms with Crippen LogP contribution in [0.25, 0.3) is 0 Å². The number of likely N-dealkylation sites (N-methyl/N-ethyl adjacent to an activating group) is 1. The number of likely N-dealkylation sites (tertiary alicyclic amines) is 1. The molecule has 1 aromatic rings. The topological polar surface area (TPSA) is 49.9 Å². The number of ether oxygens (including phenoxy) is 1. The SMILES string of the molecule is CCOCC(=O)N1CCC2(CC1)C(=O)N(C)c1ccccc12. The summed E-state index contributed by atoms with van der Waals surface area (Å²) in [6.07, 6.45) is 1.37. The molecule has 2 heterocycles. The van der Waals surface area contributed by atoms with Crippen LogP contribution in [0.2, 0.25) is 0 Å². The molecule has 1 fully saturated rings. The Balaban J connectivity index is 1.78. The van der Waals surface area contributed by atoms with Crippen LogP contribution in [0.1, 0.15) is 25.3 Å². The molecule has 0 saturated carbocycles. The lowest BCUT2D eigenvalue weighted by Crippen LogP contribution is -2.50. The van der Waals surface area contributed by atoms with E-state index in [-0.39, 0.29) is 18.4 Å². The lowest BCUT2D eigenvalue weighted by molar-refractivity contribution is -0.139. The van der Waals surface area contributed by atoms with E-state index in [1.165, 1.54) is 0 Å². The first-order valence-electron chi connectivity index (χ1n) is 7.83. The van der Waals surface area contributed by atoms with Crippen LogP contribution in [0.5, 0.6) is 0 Å². The molecule has 5 nitrogen and oxygen atoms in total. The fourth-order valence-electron chi connectivity index (χ4n) is 3.62. The molecule has 118 valence electrons. The van der Waals surface area contributed by atoms with Crippen LogP contribution in [-0.2, 0) is 19.7 Å². The van der Waals surface area contributed by atoms with Crippen LogP contribution >= 0.6 is 0 Å². The Bertz CT molecular complexity index is 591. The van der Waals surface area contributed by atoms with E-state index in [1.54, 1.807) is 4.90 Å². The highest BCUT2D eigenvalue weighted by atomic mass is 16.5. The minimum Gasteiger partial charge on any atom is -0.372 e. The minimum atomic E-state index is -0.451. The van der Waals surface area contributed by atoms with Gasteiger partial charge in [0.2, 0.25) is 11.8 Å². The summed E-state index contributed by atoms with van der Waals surface area (Å²) in [4.78, 5) is 28.4. The normalized spacial score (nSPS) is 19.6. The predicted molar refractivity (Wildman–Crippen MR) is 83.8 cm³/mol.